The molecule has 0 unspecified atom stereocenters. The number of nitrogens with one attached hydrogen (secondary N) is 1. The van der Waals surface area contributed by atoms with E-state index in [-0.39, 0.29) is 18.9 Å². The summed E-state index contributed by atoms with van der Waals surface area (Å²) in [6, 6.07) is 15.1. The predicted octanol–water partition coefficient (Wildman–Crippen LogP) is 3.14. The molecule has 0 aliphatic rings. The van der Waals surface area contributed by atoms with Crippen LogP contribution in [0.4, 0.5) is 11.4 Å². The van der Waals surface area contributed by atoms with Crippen LogP contribution in [0.15, 0.2) is 48.5 Å². The minimum atomic E-state index is -0.404. The van der Waals surface area contributed by atoms with E-state index < -0.39 is 5.91 Å². The van der Waals surface area contributed by atoms with Crippen molar-refractivity contribution in [3.05, 3.63) is 54.1 Å². The Labute approximate surface area is 160 Å². The summed E-state index contributed by atoms with van der Waals surface area (Å²) >= 11 is 0. The molecule has 2 aromatic carbocycles. The molecule has 0 aliphatic heterocycles. The van der Waals surface area contributed by atoms with Crippen LogP contribution in [0.5, 0.6) is 5.75 Å². The van der Waals surface area contributed by atoms with Crippen molar-refractivity contribution < 1.29 is 14.3 Å². The molecule has 0 aromatic heterocycles. The number of hydrogen-bond donors (Lipinski definition) is 2. The topological polar surface area (TPSA) is 84.7 Å². The normalized spacial score (nSPS) is 10.5. The van der Waals surface area contributed by atoms with Crippen LogP contribution in [0, 0.1) is 0 Å². The lowest BCUT2D eigenvalue weighted by Crippen LogP contribution is -2.35. The van der Waals surface area contributed by atoms with Crippen LogP contribution < -0.4 is 20.7 Å². The first-order chi connectivity index (χ1) is 12.9. The van der Waals surface area contributed by atoms with Crippen molar-refractivity contribution in [1.82, 2.24) is 0 Å². The summed E-state index contributed by atoms with van der Waals surface area (Å²) in [5.41, 5.74) is 8.00. The number of hydrogen-bond acceptors (Lipinski definition) is 4. The fraction of sp³-hybridized carbons (Fsp3) is 0.333. The number of primary amides is 1. The number of ether oxygens (including phenoxy) is 1. The van der Waals surface area contributed by atoms with Gasteiger partial charge in [-0.15, -0.1) is 0 Å². The molecule has 2 rings (SSSR count). The maximum absolute atomic E-state index is 12.6. The number of amides is 2. The molecule has 0 bridgehead atoms. The minimum absolute atomic E-state index is 0.117. The summed E-state index contributed by atoms with van der Waals surface area (Å²) in [5.74, 6) is 0.473. The van der Waals surface area contributed by atoms with E-state index in [2.05, 4.69) is 19.2 Å². The zero-order chi connectivity index (χ0) is 19.8. The molecule has 2 amide bonds. The number of nitrogens with zero attached hydrogens (tertiary/aromatic N) is 1. The second-order valence-corrected chi connectivity index (χ2v) is 6.63. The second kappa shape index (κ2) is 9.62. The summed E-state index contributed by atoms with van der Waals surface area (Å²) in [6.07, 6.45) is 0.169. The van der Waals surface area contributed by atoms with Gasteiger partial charge in [0.1, 0.15) is 5.75 Å². The molecular weight excluding hydrogens is 342 g/mol. The number of nitrogens with two attached hydrogens (primary N) is 1. The van der Waals surface area contributed by atoms with Gasteiger partial charge in [-0.05, 0) is 41.8 Å². The zero-order valence-electron chi connectivity index (χ0n) is 16.1. The average Bonchev–Trinajstić information content (AvgIpc) is 2.65. The summed E-state index contributed by atoms with van der Waals surface area (Å²) in [7, 11) is 1.60. The van der Waals surface area contributed by atoms with Crippen molar-refractivity contribution in [1.29, 1.82) is 0 Å². The number of carbonyl (C=O) groups excluding carboxylic acids is 2. The molecular formula is C21H27N3O3. The third-order valence-corrected chi connectivity index (χ3v) is 4.26. The number of para-hydroxylation sites is 1. The third-order valence-electron chi connectivity index (χ3n) is 4.26. The molecule has 27 heavy (non-hydrogen) atoms. The van der Waals surface area contributed by atoms with Crippen molar-refractivity contribution >= 4 is 23.2 Å². The SMILES string of the molecule is COc1ccc(N(CCC(N)=O)CC(=O)Nc2ccccc2C(C)C)cc1. The van der Waals surface area contributed by atoms with E-state index in [1.807, 2.05) is 53.4 Å². The Morgan fingerprint density at radius 1 is 1.11 bits per heavy atom. The molecule has 6 nitrogen and oxygen atoms in total. The highest BCUT2D eigenvalue weighted by atomic mass is 16.5. The molecule has 0 atom stereocenters. The summed E-state index contributed by atoms with van der Waals surface area (Å²) in [4.78, 5) is 25.7. The molecule has 0 heterocycles. The molecule has 0 aliphatic carbocycles. The van der Waals surface area contributed by atoms with Crippen LogP contribution in [0.3, 0.4) is 0 Å². The van der Waals surface area contributed by atoms with Gasteiger partial charge in [0.25, 0.3) is 0 Å². The highest BCUT2D eigenvalue weighted by Gasteiger charge is 2.15. The van der Waals surface area contributed by atoms with Gasteiger partial charge in [0, 0.05) is 24.3 Å². The van der Waals surface area contributed by atoms with E-state index >= 15 is 0 Å². The van der Waals surface area contributed by atoms with E-state index in [4.69, 9.17) is 10.5 Å². The van der Waals surface area contributed by atoms with Gasteiger partial charge in [-0.1, -0.05) is 32.0 Å². The predicted molar refractivity (Wildman–Crippen MR) is 108 cm³/mol. The molecule has 6 heteroatoms. The van der Waals surface area contributed by atoms with Crippen molar-refractivity contribution in [3.63, 3.8) is 0 Å². The second-order valence-electron chi connectivity index (χ2n) is 6.63. The molecule has 0 radical (unpaired) electrons. The maximum atomic E-state index is 12.6. The van der Waals surface area contributed by atoms with Crippen molar-refractivity contribution in [2.24, 2.45) is 5.73 Å². The highest BCUT2D eigenvalue weighted by molar-refractivity contribution is 5.95. The molecule has 2 aromatic rings. The van der Waals surface area contributed by atoms with Crippen LogP contribution in [-0.2, 0) is 9.59 Å². The third kappa shape index (κ3) is 6.02. The number of anilines is 2. The monoisotopic (exact) mass is 369 g/mol. The Morgan fingerprint density at radius 2 is 1.78 bits per heavy atom. The van der Waals surface area contributed by atoms with E-state index in [1.54, 1.807) is 7.11 Å². The average molecular weight is 369 g/mol. The standard InChI is InChI=1S/C21H27N3O3/c1-15(2)18-6-4-5-7-19(18)23-21(26)14-24(13-12-20(22)25)16-8-10-17(27-3)11-9-16/h4-11,15H,12-14H2,1-3H3,(H2,22,25)(H,23,26). The quantitative estimate of drug-likeness (QED) is 0.711. The number of benzene rings is 2. The number of methoxy groups -OCH3 is 1. The fourth-order valence-electron chi connectivity index (χ4n) is 2.82. The van der Waals surface area contributed by atoms with E-state index in [0.717, 1.165) is 22.7 Å². The van der Waals surface area contributed by atoms with Gasteiger partial charge in [0.05, 0.1) is 13.7 Å². The number of rotatable bonds is 9. The van der Waals surface area contributed by atoms with Gasteiger partial charge in [-0.25, -0.2) is 0 Å². The van der Waals surface area contributed by atoms with Gasteiger partial charge in [-0.3, -0.25) is 9.59 Å². The molecule has 0 spiro atoms. The van der Waals surface area contributed by atoms with Gasteiger partial charge >= 0.3 is 0 Å². The first kappa shape index (κ1) is 20.3. The smallest absolute Gasteiger partial charge is 0.243 e. The summed E-state index contributed by atoms with van der Waals surface area (Å²) < 4.78 is 5.17. The van der Waals surface area contributed by atoms with Gasteiger partial charge in [-0.2, -0.15) is 0 Å². The molecule has 144 valence electrons. The molecule has 3 N–H and O–H groups in total. The van der Waals surface area contributed by atoms with Crippen molar-refractivity contribution in [2.75, 3.05) is 30.4 Å². The van der Waals surface area contributed by atoms with E-state index in [0.29, 0.717) is 12.5 Å². The molecule has 0 saturated heterocycles. The van der Waals surface area contributed by atoms with Crippen LogP contribution >= 0.6 is 0 Å². The summed E-state index contributed by atoms with van der Waals surface area (Å²) in [5, 5.41) is 2.98. The number of carbonyl (C=O) groups is 2. The van der Waals surface area contributed by atoms with Crippen molar-refractivity contribution in [3.8, 4) is 5.75 Å². The lowest BCUT2D eigenvalue weighted by atomic mass is 10.0. The van der Waals surface area contributed by atoms with Gasteiger partial charge < -0.3 is 20.7 Å². The van der Waals surface area contributed by atoms with Crippen LogP contribution in [0.2, 0.25) is 0 Å². The highest BCUT2D eigenvalue weighted by Crippen LogP contribution is 2.24. The Morgan fingerprint density at radius 3 is 2.37 bits per heavy atom. The van der Waals surface area contributed by atoms with Gasteiger partial charge in [0.2, 0.25) is 11.8 Å². The van der Waals surface area contributed by atoms with E-state index in [9.17, 15) is 9.59 Å². The van der Waals surface area contributed by atoms with Crippen molar-refractivity contribution in [2.45, 2.75) is 26.2 Å². The van der Waals surface area contributed by atoms with Crippen LogP contribution in [0.25, 0.3) is 0 Å². The zero-order valence-corrected chi connectivity index (χ0v) is 16.1. The summed E-state index contributed by atoms with van der Waals surface area (Å²) in [6.45, 7) is 4.65. The van der Waals surface area contributed by atoms with Crippen LogP contribution in [0.1, 0.15) is 31.7 Å². The Kier molecular flexibility index (Phi) is 7.23. The Hall–Kier alpha value is -3.02. The minimum Gasteiger partial charge on any atom is -0.497 e. The lowest BCUT2D eigenvalue weighted by molar-refractivity contribution is -0.118. The first-order valence-electron chi connectivity index (χ1n) is 8.96. The van der Waals surface area contributed by atoms with Crippen LogP contribution in [-0.4, -0.2) is 32.0 Å². The largest absolute Gasteiger partial charge is 0.497 e. The molecule has 0 saturated carbocycles. The van der Waals surface area contributed by atoms with Gasteiger partial charge in [0.15, 0.2) is 0 Å². The Balaban J connectivity index is 2.13. The van der Waals surface area contributed by atoms with E-state index in [1.165, 1.54) is 0 Å². The fourth-order valence-corrected chi connectivity index (χ4v) is 2.82. The first-order valence-corrected chi connectivity index (χ1v) is 8.96. The Bertz CT molecular complexity index is 772. The maximum Gasteiger partial charge on any atom is 0.243 e. The lowest BCUT2D eigenvalue weighted by Gasteiger charge is -2.24. The molecule has 0 fully saturated rings.